The highest BCUT2D eigenvalue weighted by atomic mass is 79.9. The van der Waals surface area contributed by atoms with Gasteiger partial charge in [-0.05, 0) is 45.1 Å². The Morgan fingerprint density at radius 3 is 3.00 bits per heavy atom. The normalized spacial score (nSPS) is 10.3. The first-order valence-electron chi connectivity index (χ1n) is 4.33. The Hall–Kier alpha value is -0.580. The van der Waals surface area contributed by atoms with Gasteiger partial charge in [0.05, 0.1) is 3.79 Å². The number of nitrogens with zero attached hydrogens (tertiary/aromatic N) is 1. The van der Waals surface area contributed by atoms with Gasteiger partial charge in [-0.25, -0.2) is 4.98 Å². The summed E-state index contributed by atoms with van der Waals surface area (Å²) in [6, 6.07) is 7.62. The highest BCUT2D eigenvalue weighted by Crippen LogP contribution is 2.21. The summed E-state index contributed by atoms with van der Waals surface area (Å²) in [6.07, 6.45) is 0. The van der Waals surface area contributed by atoms with Crippen molar-refractivity contribution in [3.63, 3.8) is 0 Å². The van der Waals surface area contributed by atoms with Crippen LogP contribution in [0.15, 0.2) is 33.4 Å². The Bertz CT molecular complexity index is 458. The quantitative estimate of drug-likeness (QED) is 0.861. The summed E-state index contributed by atoms with van der Waals surface area (Å²) < 4.78 is 1.14. The zero-order valence-corrected chi connectivity index (χ0v) is 10.9. The summed E-state index contributed by atoms with van der Waals surface area (Å²) in [4.78, 5) is 4.14. The van der Waals surface area contributed by atoms with E-state index in [0.29, 0.717) is 5.15 Å². The fourth-order valence-electron chi connectivity index (χ4n) is 1.14. The van der Waals surface area contributed by atoms with Crippen LogP contribution in [0.5, 0.6) is 0 Å². The van der Waals surface area contributed by atoms with Crippen LogP contribution in [0.4, 0.5) is 5.82 Å². The molecule has 0 atom stereocenters. The van der Waals surface area contributed by atoms with E-state index in [9.17, 15) is 0 Å². The smallest absolute Gasteiger partial charge is 0.131 e. The van der Waals surface area contributed by atoms with Crippen LogP contribution in [-0.4, -0.2) is 4.98 Å². The third-order valence-corrected chi connectivity index (χ3v) is 3.57. The molecule has 2 aromatic rings. The second-order valence-electron chi connectivity index (χ2n) is 2.96. The van der Waals surface area contributed by atoms with Gasteiger partial charge < -0.3 is 5.32 Å². The van der Waals surface area contributed by atoms with Crippen molar-refractivity contribution >= 4 is 44.7 Å². The third-order valence-electron chi connectivity index (χ3n) is 1.81. The topological polar surface area (TPSA) is 24.9 Å². The maximum atomic E-state index is 5.77. The molecule has 2 rings (SSSR count). The second-order valence-corrected chi connectivity index (χ2v) is 5.64. The van der Waals surface area contributed by atoms with Gasteiger partial charge in [-0.1, -0.05) is 17.7 Å². The van der Waals surface area contributed by atoms with Crippen LogP contribution >= 0.6 is 38.9 Å². The van der Waals surface area contributed by atoms with Gasteiger partial charge in [0, 0.05) is 6.54 Å². The van der Waals surface area contributed by atoms with E-state index in [2.05, 4.69) is 37.7 Å². The molecule has 0 aliphatic rings. The van der Waals surface area contributed by atoms with Crippen LogP contribution < -0.4 is 5.32 Å². The molecule has 0 saturated heterocycles. The number of pyridine rings is 1. The van der Waals surface area contributed by atoms with E-state index in [4.69, 9.17) is 11.6 Å². The van der Waals surface area contributed by atoms with Crippen LogP contribution in [0.1, 0.15) is 5.56 Å². The molecule has 1 N–H and O–H groups in total. The zero-order valence-electron chi connectivity index (χ0n) is 7.71. The first kappa shape index (κ1) is 10.9. The Labute approximate surface area is 105 Å². The average molecular weight is 304 g/mol. The van der Waals surface area contributed by atoms with Crippen molar-refractivity contribution in [2.75, 3.05) is 5.32 Å². The molecule has 0 saturated carbocycles. The Morgan fingerprint density at radius 1 is 1.47 bits per heavy atom. The number of aromatic nitrogens is 1. The van der Waals surface area contributed by atoms with Crippen molar-refractivity contribution in [3.8, 4) is 0 Å². The maximum Gasteiger partial charge on any atom is 0.131 e. The average Bonchev–Trinajstić information content (AvgIpc) is 2.62. The predicted octanol–water partition coefficient (Wildman–Crippen LogP) is 4.17. The standard InChI is InChI=1S/C10H8BrClN2S/c11-8-4-7(6-15-8)5-13-10-3-1-2-9(12)14-10/h1-4,6H,5H2,(H,13,14). The molecule has 0 aromatic carbocycles. The van der Waals surface area contributed by atoms with Gasteiger partial charge in [0.1, 0.15) is 11.0 Å². The van der Waals surface area contributed by atoms with Crippen molar-refractivity contribution in [1.82, 2.24) is 4.98 Å². The predicted molar refractivity (Wildman–Crippen MR) is 68.6 cm³/mol. The number of nitrogens with one attached hydrogen (secondary N) is 1. The Morgan fingerprint density at radius 2 is 2.33 bits per heavy atom. The molecule has 0 radical (unpaired) electrons. The molecule has 0 fully saturated rings. The molecular weight excluding hydrogens is 296 g/mol. The molecule has 15 heavy (non-hydrogen) atoms. The highest BCUT2D eigenvalue weighted by Gasteiger charge is 1.98. The van der Waals surface area contributed by atoms with E-state index >= 15 is 0 Å². The summed E-state index contributed by atoms with van der Waals surface area (Å²) in [6.45, 7) is 0.759. The number of halogens is 2. The zero-order chi connectivity index (χ0) is 10.7. The number of hydrogen-bond acceptors (Lipinski definition) is 3. The summed E-state index contributed by atoms with van der Waals surface area (Å²) >= 11 is 10.9. The van der Waals surface area contributed by atoms with Gasteiger partial charge in [-0.15, -0.1) is 11.3 Å². The summed E-state index contributed by atoms with van der Waals surface area (Å²) in [5.41, 5.74) is 1.23. The number of thiophene rings is 1. The van der Waals surface area contributed by atoms with E-state index in [1.54, 1.807) is 17.4 Å². The van der Waals surface area contributed by atoms with Crippen LogP contribution in [0.2, 0.25) is 5.15 Å². The number of hydrogen-bond donors (Lipinski definition) is 1. The minimum Gasteiger partial charge on any atom is -0.366 e. The van der Waals surface area contributed by atoms with Crippen LogP contribution in [0.3, 0.4) is 0 Å². The van der Waals surface area contributed by atoms with Crippen molar-refractivity contribution in [2.24, 2.45) is 0 Å². The van der Waals surface area contributed by atoms with Crippen molar-refractivity contribution in [2.45, 2.75) is 6.54 Å². The van der Waals surface area contributed by atoms with Crippen LogP contribution in [0.25, 0.3) is 0 Å². The highest BCUT2D eigenvalue weighted by molar-refractivity contribution is 9.11. The molecule has 2 nitrogen and oxygen atoms in total. The summed E-state index contributed by atoms with van der Waals surface area (Å²) in [7, 11) is 0. The van der Waals surface area contributed by atoms with Gasteiger partial charge in [0.15, 0.2) is 0 Å². The molecule has 5 heteroatoms. The summed E-state index contributed by atoms with van der Waals surface area (Å²) in [5.74, 6) is 0.796. The van der Waals surface area contributed by atoms with E-state index in [1.165, 1.54) is 5.56 Å². The minimum absolute atomic E-state index is 0.506. The van der Waals surface area contributed by atoms with Gasteiger partial charge in [-0.2, -0.15) is 0 Å². The summed E-state index contributed by atoms with van der Waals surface area (Å²) in [5, 5.41) is 5.81. The van der Waals surface area contributed by atoms with E-state index in [1.807, 2.05) is 12.1 Å². The molecule has 0 amide bonds. The van der Waals surface area contributed by atoms with Crippen molar-refractivity contribution in [3.05, 3.63) is 44.1 Å². The van der Waals surface area contributed by atoms with Gasteiger partial charge in [0.25, 0.3) is 0 Å². The van der Waals surface area contributed by atoms with Crippen LogP contribution in [-0.2, 0) is 6.54 Å². The first-order chi connectivity index (χ1) is 7.24. The largest absolute Gasteiger partial charge is 0.366 e. The number of rotatable bonds is 3. The molecular formula is C10H8BrClN2S. The molecule has 0 aliphatic carbocycles. The fraction of sp³-hybridized carbons (Fsp3) is 0.100. The lowest BCUT2D eigenvalue weighted by atomic mass is 10.3. The lowest BCUT2D eigenvalue weighted by Gasteiger charge is -2.03. The molecule has 0 spiro atoms. The number of anilines is 1. The molecule has 0 unspecified atom stereocenters. The first-order valence-corrected chi connectivity index (χ1v) is 6.38. The molecule has 0 aliphatic heterocycles. The van der Waals surface area contributed by atoms with Gasteiger partial charge in [0.2, 0.25) is 0 Å². The SMILES string of the molecule is Clc1cccc(NCc2csc(Br)c2)n1. The third kappa shape index (κ3) is 3.19. The molecule has 78 valence electrons. The molecule has 2 aromatic heterocycles. The molecule has 0 bridgehead atoms. The van der Waals surface area contributed by atoms with Crippen molar-refractivity contribution < 1.29 is 0 Å². The monoisotopic (exact) mass is 302 g/mol. The second kappa shape index (κ2) is 4.96. The van der Waals surface area contributed by atoms with E-state index < -0.39 is 0 Å². The fourth-order valence-corrected chi connectivity index (χ4v) is 2.51. The van der Waals surface area contributed by atoms with Crippen LogP contribution in [0, 0.1) is 0 Å². The van der Waals surface area contributed by atoms with Gasteiger partial charge >= 0.3 is 0 Å². The van der Waals surface area contributed by atoms with Gasteiger partial charge in [-0.3, -0.25) is 0 Å². The Kier molecular flexibility index (Phi) is 3.61. The van der Waals surface area contributed by atoms with E-state index in [-0.39, 0.29) is 0 Å². The molecule has 2 heterocycles. The lowest BCUT2D eigenvalue weighted by Crippen LogP contribution is -1.99. The minimum atomic E-state index is 0.506. The van der Waals surface area contributed by atoms with Crippen molar-refractivity contribution in [1.29, 1.82) is 0 Å². The lowest BCUT2D eigenvalue weighted by molar-refractivity contribution is 1.12. The van der Waals surface area contributed by atoms with E-state index in [0.717, 1.165) is 16.1 Å². The maximum absolute atomic E-state index is 5.77. The Balaban J connectivity index is 1.99.